The molecule has 0 aromatic heterocycles. The molecule has 0 aliphatic carbocycles. The Balaban J connectivity index is 0.00000420. The van der Waals surface area contributed by atoms with Crippen LogP contribution in [0, 0.1) is 5.92 Å². The molecule has 2 N–H and O–H groups in total. The lowest BCUT2D eigenvalue weighted by atomic mass is 10.0. The van der Waals surface area contributed by atoms with E-state index in [0.29, 0.717) is 23.9 Å². The molecule has 0 radical (unpaired) electrons. The van der Waals surface area contributed by atoms with Crippen molar-refractivity contribution in [2.45, 2.75) is 84.2 Å². The predicted octanol–water partition coefficient (Wildman–Crippen LogP) is 3.46. The van der Waals surface area contributed by atoms with Crippen molar-refractivity contribution in [1.29, 1.82) is 0 Å². The summed E-state index contributed by atoms with van der Waals surface area (Å²) in [6.07, 6.45) is 9.12. The number of hydrogen-bond acceptors (Lipinski definition) is 3. The number of nitrogens with one attached hydrogen (secondary N) is 2. The lowest BCUT2D eigenvalue weighted by Gasteiger charge is -2.34. The first-order valence-electron chi connectivity index (χ1n) is 11.5. The van der Waals surface area contributed by atoms with Crippen LogP contribution in [0.25, 0.3) is 0 Å². The first-order valence-corrected chi connectivity index (χ1v) is 11.5. The molecule has 29 heavy (non-hydrogen) atoms. The highest BCUT2D eigenvalue weighted by molar-refractivity contribution is 14.0. The maximum absolute atomic E-state index is 12.0. The Kier molecular flexibility index (Phi) is 13.2. The minimum absolute atomic E-state index is 0. The minimum atomic E-state index is 0. The fourth-order valence-electron chi connectivity index (χ4n) is 4.63. The summed E-state index contributed by atoms with van der Waals surface area (Å²) in [4.78, 5) is 21.2. The molecule has 2 aliphatic heterocycles. The molecule has 0 aromatic rings. The Bertz CT molecular complexity index is 492. The second-order valence-corrected chi connectivity index (χ2v) is 8.68. The predicted molar refractivity (Wildman–Crippen MR) is 133 cm³/mol. The van der Waals surface area contributed by atoms with E-state index in [1.807, 2.05) is 7.05 Å². The first-order chi connectivity index (χ1) is 13.6. The van der Waals surface area contributed by atoms with Crippen molar-refractivity contribution < 1.29 is 4.79 Å². The maximum Gasteiger partial charge on any atom is 0.222 e. The van der Waals surface area contributed by atoms with Crippen molar-refractivity contribution >= 4 is 35.8 Å². The number of aliphatic imine (C=N–C) groups is 1. The second-order valence-electron chi connectivity index (χ2n) is 8.68. The standard InChI is InChI=1S/C22H43N5O.HI/c1-5-19(27-16-10-11-21(27)28)12-13-24-22(23-4)25-17-20(18(2)3)26-14-8-6-7-9-15-26;/h18-20H,5-17H2,1-4H3,(H2,23,24,25);1H. The van der Waals surface area contributed by atoms with Gasteiger partial charge in [0.15, 0.2) is 5.96 Å². The van der Waals surface area contributed by atoms with Gasteiger partial charge in [-0.2, -0.15) is 0 Å². The Labute approximate surface area is 195 Å². The van der Waals surface area contributed by atoms with Crippen LogP contribution in [0.5, 0.6) is 0 Å². The number of nitrogens with zero attached hydrogens (tertiary/aromatic N) is 3. The van der Waals surface area contributed by atoms with Gasteiger partial charge in [-0.1, -0.05) is 33.6 Å². The van der Waals surface area contributed by atoms with Crippen molar-refractivity contribution in [1.82, 2.24) is 20.4 Å². The van der Waals surface area contributed by atoms with Gasteiger partial charge in [-0.3, -0.25) is 14.7 Å². The number of carbonyl (C=O) groups is 1. The summed E-state index contributed by atoms with van der Waals surface area (Å²) in [5.41, 5.74) is 0. The third-order valence-electron chi connectivity index (χ3n) is 6.37. The van der Waals surface area contributed by atoms with Crippen molar-refractivity contribution in [3.05, 3.63) is 0 Å². The molecule has 2 heterocycles. The summed E-state index contributed by atoms with van der Waals surface area (Å²) in [7, 11) is 1.84. The number of likely N-dealkylation sites (tertiary alicyclic amines) is 2. The molecule has 2 fully saturated rings. The molecule has 0 bridgehead atoms. The molecule has 7 heteroatoms. The Morgan fingerprint density at radius 2 is 1.76 bits per heavy atom. The van der Waals surface area contributed by atoms with E-state index in [-0.39, 0.29) is 24.0 Å². The van der Waals surface area contributed by atoms with E-state index in [2.05, 4.69) is 46.2 Å². The first kappa shape index (κ1) is 26.5. The van der Waals surface area contributed by atoms with Gasteiger partial charge in [-0.15, -0.1) is 24.0 Å². The molecule has 2 saturated heterocycles. The molecule has 2 rings (SSSR count). The Hall–Kier alpha value is -0.570. The smallest absolute Gasteiger partial charge is 0.222 e. The van der Waals surface area contributed by atoms with Crippen molar-refractivity contribution in [3.8, 4) is 0 Å². The fraction of sp³-hybridized carbons (Fsp3) is 0.909. The third kappa shape index (κ3) is 8.59. The number of guanidine groups is 1. The number of carbonyl (C=O) groups excluding carboxylic acids is 1. The summed E-state index contributed by atoms with van der Waals surface area (Å²) in [5.74, 6) is 1.82. The normalized spacial score (nSPS) is 20.9. The highest BCUT2D eigenvalue weighted by Crippen LogP contribution is 2.18. The highest BCUT2D eigenvalue weighted by atomic mass is 127. The summed E-state index contributed by atoms with van der Waals surface area (Å²) in [5, 5.41) is 7.02. The molecule has 2 atom stereocenters. The van der Waals surface area contributed by atoms with E-state index >= 15 is 0 Å². The molecule has 1 amide bonds. The maximum atomic E-state index is 12.0. The average molecular weight is 522 g/mol. The van der Waals surface area contributed by atoms with Crippen LogP contribution >= 0.6 is 24.0 Å². The molecular weight excluding hydrogens is 477 g/mol. The number of hydrogen-bond donors (Lipinski definition) is 2. The second kappa shape index (κ2) is 14.4. The zero-order valence-corrected chi connectivity index (χ0v) is 21.4. The van der Waals surface area contributed by atoms with E-state index in [0.717, 1.165) is 51.3 Å². The molecule has 2 unspecified atom stereocenters. The van der Waals surface area contributed by atoms with Crippen LogP contribution in [-0.4, -0.2) is 73.5 Å². The van der Waals surface area contributed by atoms with E-state index in [9.17, 15) is 4.79 Å². The lowest BCUT2D eigenvalue weighted by molar-refractivity contribution is -0.129. The average Bonchev–Trinajstić information content (AvgIpc) is 2.93. The molecule has 2 aliphatic rings. The van der Waals surface area contributed by atoms with Gasteiger partial charge in [0.1, 0.15) is 0 Å². The van der Waals surface area contributed by atoms with Gasteiger partial charge in [0.2, 0.25) is 5.91 Å². The van der Waals surface area contributed by atoms with Crippen LogP contribution in [-0.2, 0) is 4.79 Å². The Morgan fingerprint density at radius 3 is 2.28 bits per heavy atom. The van der Waals surface area contributed by atoms with Gasteiger partial charge in [-0.25, -0.2) is 0 Å². The zero-order chi connectivity index (χ0) is 20.4. The van der Waals surface area contributed by atoms with E-state index in [1.165, 1.54) is 38.8 Å². The van der Waals surface area contributed by atoms with Crippen molar-refractivity contribution in [2.75, 3.05) is 39.8 Å². The van der Waals surface area contributed by atoms with Gasteiger partial charge < -0.3 is 15.5 Å². The number of halogens is 1. The van der Waals surface area contributed by atoms with Crippen LogP contribution in [0.2, 0.25) is 0 Å². The zero-order valence-electron chi connectivity index (χ0n) is 19.1. The van der Waals surface area contributed by atoms with Gasteiger partial charge >= 0.3 is 0 Å². The van der Waals surface area contributed by atoms with E-state index in [1.54, 1.807) is 0 Å². The molecule has 0 saturated carbocycles. The molecule has 0 spiro atoms. The molecular formula is C22H44IN5O. The van der Waals surface area contributed by atoms with Crippen molar-refractivity contribution in [3.63, 3.8) is 0 Å². The summed E-state index contributed by atoms with van der Waals surface area (Å²) >= 11 is 0. The third-order valence-corrected chi connectivity index (χ3v) is 6.37. The highest BCUT2D eigenvalue weighted by Gasteiger charge is 2.26. The SMILES string of the molecule is CCC(CCNC(=NC)NCC(C(C)C)N1CCCCCC1)N1CCCC1=O.I. The van der Waals surface area contributed by atoms with Gasteiger partial charge in [0, 0.05) is 45.2 Å². The largest absolute Gasteiger partial charge is 0.356 e. The van der Waals surface area contributed by atoms with Gasteiger partial charge in [0.25, 0.3) is 0 Å². The van der Waals surface area contributed by atoms with E-state index in [4.69, 9.17) is 0 Å². The van der Waals surface area contributed by atoms with Gasteiger partial charge in [0.05, 0.1) is 0 Å². The van der Waals surface area contributed by atoms with Gasteiger partial charge in [-0.05, 0) is 51.1 Å². The van der Waals surface area contributed by atoms with E-state index < -0.39 is 0 Å². The van der Waals surface area contributed by atoms with Crippen LogP contribution in [0.15, 0.2) is 4.99 Å². The molecule has 170 valence electrons. The fourth-order valence-corrected chi connectivity index (χ4v) is 4.63. The minimum Gasteiger partial charge on any atom is -0.356 e. The molecule has 0 aromatic carbocycles. The van der Waals surface area contributed by atoms with Crippen LogP contribution in [0.4, 0.5) is 0 Å². The monoisotopic (exact) mass is 521 g/mol. The van der Waals surface area contributed by atoms with Crippen LogP contribution in [0.1, 0.15) is 72.1 Å². The molecule has 6 nitrogen and oxygen atoms in total. The van der Waals surface area contributed by atoms with Crippen LogP contribution in [0.3, 0.4) is 0 Å². The number of amides is 1. The summed E-state index contributed by atoms with van der Waals surface area (Å²) in [6, 6.07) is 0.892. The van der Waals surface area contributed by atoms with Crippen LogP contribution < -0.4 is 10.6 Å². The van der Waals surface area contributed by atoms with Crippen molar-refractivity contribution in [2.24, 2.45) is 10.9 Å². The quantitative estimate of drug-likeness (QED) is 0.277. The Morgan fingerprint density at radius 1 is 1.07 bits per heavy atom. The summed E-state index contributed by atoms with van der Waals surface area (Å²) < 4.78 is 0. The topological polar surface area (TPSA) is 60.0 Å². The lowest BCUT2D eigenvalue weighted by Crippen LogP contribution is -2.50. The summed E-state index contributed by atoms with van der Waals surface area (Å²) in [6.45, 7) is 12.0. The number of rotatable bonds is 9.